The molecule has 0 amide bonds. The number of anilines is 1. The Morgan fingerprint density at radius 1 is 1.26 bits per heavy atom. The van der Waals surface area contributed by atoms with Crippen LogP contribution < -0.4 is 10.4 Å². The summed E-state index contributed by atoms with van der Waals surface area (Å²) in [6.45, 7) is 0. The third-order valence-electron chi connectivity index (χ3n) is 3.57. The molecule has 0 saturated heterocycles. The van der Waals surface area contributed by atoms with Crippen LogP contribution in [0.2, 0.25) is 0 Å². The van der Waals surface area contributed by atoms with Crippen LogP contribution in [-0.2, 0) is 0 Å². The van der Waals surface area contributed by atoms with Crippen molar-refractivity contribution < 1.29 is 9.90 Å². The molecule has 0 atom stereocenters. The summed E-state index contributed by atoms with van der Waals surface area (Å²) in [5.74, 6) is -0.410. The van der Waals surface area contributed by atoms with Crippen LogP contribution in [0.1, 0.15) is 36.0 Å². The predicted molar refractivity (Wildman–Crippen MR) is 69.7 cm³/mol. The Kier molecular flexibility index (Phi) is 3.03. The number of fused-ring (bicyclic) bond motifs is 1. The molecular weight excluding hydrogens is 242 g/mol. The second kappa shape index (κ2) is 4.84. The van der Waals surface area contributed by atoms with E-state index in [4.69, 9.17) is 0 Å². The largest absolute Gasteiger partial charge is 0.545 e. The molecule has 5 nitrogen and oxygen atoms in total. The Hall–Kier alpha value is -2.17. The maximum Gasteiger partial charge on any atom is 0.137 e. The van der Waals surface area contributed by atoms with Gasteiger partial charge in [-0.05, 0) is 30.5 Å². The number of carbonyl (C=O) groups excluding carboxylic acids is 1. The third kappa shape index (κ3) is 2.36. The highest BCUT2D eigenvalue weighted by Crippen LogP contribution is 2.25. The van der Waals surface area contributed by atoms with E-state index in [-0.39, 0.29) is 5.56 Å². The fourth-order valence-electron chi connectivity index (χ4n) is 2.56. The zero-order valence-corrected chi connectivity index (χ0v) is 10.4. The van der Waals surface area contributed by atoms with Gasteiger partial charge in [0.1, 0.15) is 12.1 Å². The van der Waals surface area contributed by atoms with E-state index >= 15 is 0 Å². The van der Waals surface area contributed by atoms with E-state index in [2.05, 4.69) is 15.3 Å². The molecule has 0 aliphatic heterocycles. The van der Waals surface area contributed by atoms with Gasteiger partial charge in [0.05, 0.1) is 11.5 Å². The van der Waals surface area contributed by atoms with Crippen molar-refractivity contribution in [1.82, 2.24) is 9.97 Å². The molecule has 19 heavy (non-hydrogen) atoms. The number of carboxylic acids is 1. The van der Waals surface area contributed by atoms with Crippen LogP contribution in [-0.4, -0.2) is 22.0 Å². The molecule has 1 aromatic carbocycles. The number of nitrogens with zero attached hydrogens (tertiary/aromatic N) is 2. The number of nitrogens with one attached hydrogen (secondary N) is 1. The van der Waals surface area contributed by atoms with Gasteiger partial charge >= 0.3 is 0 Å². The van der Waals surface area contributed by atoms with Crippen LogP contribution in [0, 0.1) is 0 Å². The molecule has 1 aliphatic carbocycles. The Bertz CT molecular complexity index is 621. The second-order valence-electron chi connectivity index (χ2n) is 4.87. The van der Waals surface area contributed by atoms with Gasteiger partial charge in [-0.15, -0.1) is 0 Å². The minimum Gasteiger partial charge on any atom is -0.545 e. The average Bonchev–Trinajstić information content (AvgIpc) is 2.91. The quantitative estimate of drug-likeness (QED) is 0.896. The minimum atomic E-state index is -1.19. The number of aromatic nitrogens is 2. The molecule has 2 aromatic rings. The smallest absolute Gasteiger partial charge is 0.137 e. The summed E-state index contributed by atoms with van der Waals surface area (Å²) in [6.07, 6.45) is 6.26. The van der Waals surface area contributed by atoms with Crippen molar-refractivity contribution in [3.05, 3.63) is 30.1 Å². The number of carboxylic acid groups (broad SMARTS) is 1. The van der Waals surface area contributed by atoms with Crippen LogP contribution in [0.4, 0.5) is 5.82 Å². The molecular formula is C14H14N3O2-. The lowest BCUT2D eigenvalue weighted by molar-refractivity contribution is -0.255. The topological polar surface area (TPSA) is 77.9 Å². The summed E-state index contributed by atoms with van der Waals surface area (Å²) in [7, 11) is 0. The van der Waals surface area contributed by atoms with Crippen molar-refractivity contribution in [3.8, 4) is 0 Å². The average molecular weight is 256 g/mol. The standard InChI is InChI=1S/C14H15N3O2/c18-14(19)9-5-6-11-12(7-9)15-8-16-13(11)17-10-3-1-2-4-10/h5-8,10H,1-4H2,(H,18,19)(H,15,16,17)/p-1. The maximum absolute atomic E-state index is 10.8. The van der Waals surface area contributed by atoms with Gasteiger partial charge in [-0.2, -0.15) is 0 Å². The first-order chi connectivity index (χ1) is 9.24. The lowest BCUT2D eigenvalue weighted by atomic mass is 10.1. The number of carbonyl (C=O) groups is 1. The lowest BCUT2D eigenvalue weighted by Gasteiger charge is -2.14. The van der Waals surface area contributed by atoms with E-state index in [1.807, 2.05) is 0 Å². The third-order valence-corrected chi connectivity index (χ3v) is 3.57. The van der Waals surface area contributed by atoms with Crippen LogP contribution in [0.25, 0.3) is 10.9 Å². The van der Waals surface area contributed by atoms with Crippen molar-refractivity contribution in [3.63, 3.8) is 0 Å². The number of benzene rings is 1. The molecule has 0 radical (unpaired) electrons. The van der Waals surface area contributed by atoms with Crippen molar-refractivity contribution in [2.45, 2.75) is 31.7 Å². The predicted octanol–water partition coefficient (Wildman–Crippen LogP) is 1.35. The van der Waals surface area contributed by atoms with Gasteiger partial charge < -0.3 is 15.2 Å². The normalized spacial score (nSPS) is 15.8. The highest BCUT2D eigenvalue weighted by Gasteiger charge is 2.16. The molecule has 0 spiro atoms. The number of aromatic carboxylic acids is 1. The summed E-state index contributed by atoms with van der Waals surface area (Å²) in [4.78, 5) is 19.2. The van der Waals surface area contributed by atoms with Crippen molar-refractivity contribution in [2.24, 2.45) is 0 Å². The zero-order chi connectivity index (χ0) is 13.2. The van der Waals surface area contributed by atoms with Crippen molar-refractivity contribution in [1.29, 1.82) is 0 Å². The molecule has 3 rings (SSSR count). The number of rotatable bonds is 3. The summed E-state index contributed by atoms with van der Waals surface area (Å²) in [5.41, 5.74) is 0.759. The summed E-state index contributed by atoms with van der Waals surface area (Å²) >= 11 is 0. The molecule has 0 bridgehead atoms. The Labute approximate surface area is 110 Å². The second-order valence-corrected chi connectivity index (χ2v) is 4.87. The Morgan fingerprint density at radius 3 is 2.79 bits per heavy atom. The van der Waals surface area contributed by atoms with E-state index in [1.165, 1.54) is 31.3 Å². The van der Waals surface area contributed by atoms with Crippen molar-refractivity contribution >= 4 is 22.7 Å². The molecule has 1 aliphatic rings. The van der Waals surface area contributed by atoms with Gasteiger partial charge in [0.15, 0.2) is 0 Å². The Balaban J connectivity index is 1.98. The van der Waals surface area contributed by atoms with Gasteiger partial charge in [-0.1, -0.05) is 18.9 Å². The van der Waals surface area contributed by atoms with E-state index in [0.717, 1.165) is 24.0 Å². The monoisotopic (exact) mass is 256 g/mol. The summed E-state index contributed by atoms with van der Waals surface area (Å²) < 4.78 is 0. The maximum atomic E-state index is 10.8. The minimum absolute atomic E-state index is 0.137. The first-order valence-corrected chi connectivity index (χ1v) is 6.47. The van der Waals surface area contributed by atoms with Gasteiger partial charge in [-0.25, -0.2) is 9.97 Å². The summed E-state index contributed by atoms with van der Waals surface area (Å²) in [5, 5.41) is 15.1. The van der Waals surface area contributed by atoms with Gasteiger partial charge in [0, 0.05) is 11.4 Å². The van der Waals surface area contributed by atoms with E-state index in [0.29, 0.717) is 11.6 Å². The van der Waals surface area contributed by atoms with Crippen molar-refractivity contribution in [2.75, 3.05) is 5.32 Å². The number of hydrogen-bond acceptors (Lipinski definition) is 5. The first kappa shape index (κ1) is 11.9. The molecule has 98 valence electrons. The fraction of sp³-hybridized carbons (Fsp3) is 0.357. The van der Waals surface area contributed by atoms with Gasteiger partial charge in [0.2, 0.25) is 0 Å². The molecule has 0 unspecified atom stereocenters. The zero-order valence-electron chi connectivity index (χ0n) is 10.4. The molecule has 1 saturated carbocycles. The van der Waals surface area contributed by atoms with Crippen LogP contribution >= 0.6 is 0 Å². The lowest BCUT2D eigenvalue weighted by Crippen LogP contribution is -2.22. The molecule has 1 N–H and O–H groups in total. The molecule has 1 heterocycles. The summed E-state index contributed by atoms with van der Waals surface area (Å²) in [6, 6.07) is 5.24. The number of hydrogen-bond donors (Lipinski definition) is 1. The fourth-order valence-corrected chi connectivity index (χ4v) is 2.56. The van der Waals surface area contributed by atoms with Crippen LogP contribution in [0.3, 0.4) is 0 Å². The van der Waals surface area contributed by atoms with Gasteiger partial charge in [0.25, 0.3) is 0 Å². The Morgan fingerprint density at radius 2 is 2.05 bits per heavy atom. The molecule has 5 heteroatoms. The van der Waals surface area contributed by atoms with E-state index in [1.54, 1.807) is 6.07 Å². The molecule has 1 fully saturated rings. The highest BCUT2D eigenvalue weighted by atomic mass is 16.4. The van der Waals surface area contributed by atoms with Crippen LogP contribution in [0.15, 0.2) is 24.5 Å². The highest BCUT2D eigenvalue weighted by molar-refractivity contribution is 5.95. The molecule has 1 aromatic heterocycles. The first-order valence-electron chi connectivity index (χ1n) is 6.47. The van der Waals surface area contributed by atoms with E-state index < -0.39 is 5.97 Å². The van der Waals surface area contributed by atoms with Crippen LogP contribution in [0.5, 0.6) is 0 Å². The van der Waals surface area contributed by atoms with E-state index in [9.17, 15) is 9.90 Å². The van der Waals surface area contributed by atoms with Gasteiger partial charge in [-0.3, -0.25) is 0 Å². The SMILES string of the molecule is O=C([O-])c1ccc2c(NC3CCCC3)ncnc2c1.